The second-order valence-electron chi connectivity index (χ2n) is 8.65. The highest BCUT2D eigenvalue weighted by Gasteiger charge is 2.53. The fourth-order valence-corrected chi connectivity index (χ4v) is 6.21. The van der Waals surface area contributed by atoms with Crippen LogP contribution in [0.1, 0.15) is 48.8 Å². The zero-order valence-electron chi connectivity index (χ0n) is 16.1. The van der Waals surface area contributed by atoms with E-state index in [1.165, 1.54) is 43.2 Å². The van der Waals surface area contributed by atoms with Crippen molar-refractivity contribution in [2.45, 2.75) is 56.5 Å². The molecule has 2 aromatic rings. The van der Waals surface area contributed by atoms with Crippen LogP contribution in [0.25, 0.3) is 0 Å². The number of piperidine rings is 1. The van der Waals surface area contributed by atoms with Gasteiger partial charge in [0.15, 0.2) is 0 Å². The van der Waals surface area contributed by atoms with E-state index in [4.69, 9.17) is 4.74 Å². The maximum absolute atomic E-state index is 13.3. The molecule has 2 fully saturated rings. The highest BCUT2D eigenvalue weighted by molar-refractivity contribution is 5.45. The van der Waals surface area contributed by atoms with Crippen molar-refractivity contribution in [3.8, 4) is 5.75 Å². The molecule has 2 aliphatic carbocycles. The van der Waals surface area contributed by atoms with E-state index in [2.05, 4.69) is 23.1 Å². The molecule has 142 valence electrons. The van der Waals surface area contributed by atoms with Crippen LogP contribution in [0.15, 0.2) is 42.5 Å². The number of halogens is 1. The van der Waals surface area contributed by atoms with Gasteiger partial charge in [-0.2, -0.15) is 0 Å². The molecule has 0 radical (unpaired) electrons. The molecule has 1 saturated heterocycles. The summed E-state index contributed by atoms with van der Waals surface area (Å²) in [6.07, 6.45) is 7.72. The summed E-state index contributed by atoms with van der Waals surface area (Å²) < 4.78 is 18.9. The van der Waals surface area contributed by atoms with Gasteiger partial charge in [0.25, 0.3) is 0 Å². The van der Waals surface area contributed by atoms with Gasteiger partial charge >= 0.3 is 0 Å². The lowest BCUT2D eigenvalue weighted by molar-refractivity contribution is -0.0157. The predicted molar refractivity (Wildman–Crippen MR) is 106 cm³/mol. The molecule has 2 aromatic carbocycles. The number of ether oxygens (including phenoxy) is 1. The molecule has 1 aliphatic heterocycles. The predicted octanol–water partition coefficient (Wildman–Crippen LogP) is 5.09. The van der Waals surface area contributed by atoms with Crippen LogP contribution >= 0.6 is 0 Å². The normalized spacial score (nSPS) is 29.7. The van der Waals surface area contributed by atoms with E-state index < -0.39 is 0 Å². The number of hydrogen-bond acceptors (Lipinski definition) is 2. The summed E-state index contributed by atoms with van der Waals surface area (Å²) in [5.74, 6) is 1.59. The van der Waals surface area contributed by atoms with Gasteiger partial charge in [0.1, 0.15) is 11.6 Å². The minimum Gasteiger partial charge on any atom is -0.497 e. The van der Waals surface area contributed by atoms with E-state index in [0.717, 1.165) is 31.2 Å². The summed E-state index contributed by atoms with van der Waals surface area (Å²) >= 11 is 0. The van der Waals surface area contributed by atoms with Crippen LogP contribution in [0.5, 0.6) is 5.75 Å². The van der Waals surface area contributed by atoms with Crippen molar-refractivity contribution in [2.75, 3.05) is 13.7 Å². The average molecular weight is 365 g/mol. The van der Waals surface area contributed by atoms with Gasteiger partial charge in [-0.05, 0) is 79.1 Å². The zero-order chi connectivity index (χ0) is 18.4. The van der Waals surface area contributed by atoms with E-state index in [0.29, 0.717) is 11.5 Å². The van der Waals surface area contributed by atoms with Crippen molar-refractivity contribution in [3.05, 3.63) is 65.0 Å². The Labute approximate surface area is 161 Å². The number of nitrogens with zero attached hydrogens (tertiary/aromatic N) is 1. The van der Waals surface area contributed by atoms with Crippen molar-refractivity contribution in [1.82, 2.24) is 4.90 Å². The first-order valence-electron chi connectivity index (χ1n) is 10.4. The van der Waals surface area contributed by atoms with E-state index in [1.807, 2.05) is 12.1 Å². The molecule has 3 atom stereocenters. The molecule has 27 heavy (non-hydrogen) atoms. The smallest absolute Gasteiger partial charge is 0.123 e. The fourth-order valence-electron chi connectivity index (χ4n) is 6.21. The van der Waals surface area contributed by atoms with E-state index >= 15 is 0 Å². The Morgan fingerprint density at radius 2 is 1.96 bits per heavy atom. The van der Waals surface area contributed by atoms with E-state index in [1.54, 1.807) is 24.8 Å². The Balaban J connectivity index is 1.51. The van der Waals surface area contributed by atoms with Crippen LogP contribution < -0.4 is 4.74 Å². The lowest BCUT2D eigenvalue weighted by Crippen LogP contribution is -2.60. The standard InChI is InChI=1S/C24H28FNO/c1-27-20-10-7-18-14-23-21-4-2-3-11-24(21,22(18)15-20)12-13-26(23)16-17-5-8-19(25)9-6-17/h5-10,15,21,23H,2-4,11-14,16H2,1H3/t21-,23-,24-/m0/s1. The third-order valence-corrected chi connectivity index (χ3v) is 7.46. The highest BCUT2D eigenvalue weighted by atomic mass is 19.1. The lowest BCUT2D eigenvalue weighted by Gasteiger charge is -2.59. The van der Waals surface area contributed by atoms with Crippen molar-refractivity contribution in [1.29, 1.82) is 0 Å². The molecule has 0 unspecified atom stereocenters. The number of rotatable bonds is 3. The molecule has 3 aliphatic rings. The lowest BCUT2D eigenvalue weighted by atomic mass is 9.52. The van der Waals surface area contributed by atoms with Gasteiger partial charge in [-0.1, -0.05) is 31.0 Å². The van der Waals surface area contributed by atoms with Gasteiger partial charge in [0, 0.05) is 18.0 Å². The van der Waals surface area contributed by atoms with Gasteiger partial charge in [-0.15, -0.1) is 0 Å². The summed E-state index contributed by atoms with van der Waals surface area (Å²) in [6, 6.07) is 14.4. The Morgan fingerprint density at radius 1 is 1.11 bits per heavy atom. The highest BCUT2D eigenvalue weighted by Crippen LogP contribution is 2.56. The van der Waals surface area contributed by atoms with Crippen molar-refractivity contribution in [3.63, 3.8) is 0 Å². The molecule has 0 spiro atoms. The topological polar surface area (TPSA) is 12.5 Å². The van der Waals surface area contributed by atoms with E-state index in [-0.39, 0.29) is 5.82 Å². The Kier molecular flexibility index (Phi) is 4.23. The molecule has 3 heteroatoms. The molecule has 1 heterocycles. The third kappa shape index (κ3) is 2.79. The number of benzene rings is 2. The summed E-state index contributed by atoms with van der Waals surface area (Å²) in [6.45, 7) is 2.07. The van der Waals surface area contributed by atoms with Gasteiger partial charge in [0.05, 0.1) is 7.11 Å². The van der Waals surface area contributed by atoms with Gasteiger partial charge in [-0.25, -0.2) is 4.39 Å². The minimum atomic E-state index is -0.149. The SMILES string of the molecule is COc1ccc2c(c1)[C@]13CCCC[C@H]1[C@H](C2)N(Cc1ccc(F)cc1)CC3. The summed E-state index contributed by atoms with van der Waals surface area (Å²) in [7, 11) is 1.77. The molecule has 0 amide bonds. The molecule has 2 bridgehead atoms. The zero-order valence-corrected chi connectivity index (χ0v) is 16.1. The van der Waals surface area contributed by atoms with Crippen LogP contribution in [-0.2, 0) is 18.4 Å². The second-order valence-corrected chi connectivity index (χ2v) is 8.65. The van der Waals surface area contributed by atoms with Gasteiger partial charge in [-0.3, -0.25) is 4.90 Å². The molecule has 2 nitrogen and oxygen atoms in total. The van der Waals surface area contributed by atoms with Crippen molar-refractivity contribution < 1.29 is 9.13 Å². The number of likely N-dealkylation sites (tertiary alicyclic amines) is 1. The number of hydrogen-bond donors (Lipinski definition) is 0. The first-order chi connectivity index (χ1) is 13.2. The largest absolute Gasteiger partial charge is 0.497 e. The Hall–Kier alpha value is -1.87. The maximum atomic E-state index is 13.3. The molecule has 1 saturated carbocycles. The molecule has 0 aromatic heterocycles. The summed E-state index contributed by atoms with van der Waals surface area (Å²) in [5.41, 5.74) is 4.65. The van der Waals surface area contributed by atoms with Crippen molar-refractivity contribution >= 4 is 0 Å². The quantitative estimate of drug-likeness (QED) is 0.751. The maximum Gasteiger partial charge on any atom is 0.123 e. The van der Waals surface area contributed by atoms with Crippen molar-refractivity contribution in [2.24, 2.45) is 5.92 Å². The van der Waals surface area contributed by atoms with Crippen LogP contribution in [0, 0.1) is 11.7 Å². The summed E-state index contributed by atoms with van der Waals surface area (Å²) in [4.78, 5) is 2.68. The molecular weight excluding hydrogens is 337 g/mol. The van der Waals surface area contributed by atoms with Crippen LogP contribution in [-0.4, -0.2) is 24.6 Å². The van der Waals surface area contributed by atoms with Crippen LogP contribution in [0.2, 0.25) is 0 Å². The molecular formula is C24H28FNO. The fraction of sp³-hybridized carbons (Fsp3) is 0.500. The van der Waals surface area contributed by atoms with Gasteiger partial charge in [0.2, 0.25) is 0 Å². The Morgan fingerprint density at radius 3 is 2.78 bits per heavy atom. The molecule has 0 N–H and O–H groups in total. The molecule has 5 rings (SSSR count). The number of methoxy groups -OCH3 is 1. The monoisotopic (exact) mass is 365 g/mol. The average Bonchev–Trinajstić information content (AvgIpc) is 2.71. The second kappa shape index (κ2) is 6.63. The third-order valence-electron chi connectivity index (χ3n) is 7.46. The summed E-state index contributed by atoms with van der Waals surface area (Å²) in [5, 5.41) is 0. The number of fused-ring (bicyclic) bond motifs is 1. The van der Waals surface area contributed by atoms with Crippen LogP contribution in [0.3, 0.4) is 0 Å². The first kappa shape index (κ1) is 17.2. The van der Waals surface area contributed by atoms with Gasteiger partial charge < -0.3 is 4.74 Å². The van der Waals surface area contributed by atoms with Crippen LogP contribution in [0.4, 0.5) is 4.39 Å². The minimum absolute atomic E-state index is 0.149. The Bertz CT molecular complexity index is 833. The first-order valence-corrected chi connectivity index (χ1v) is 10.4. The van der Waals surface area contributed by atoms with E-state index in [9.17, 15) is 4.39 Å².